The SMILES string of the molecule is NC(=O)c1cc(NC(=O)C2CCC(=O)NC2)ccc1F. The summed E-state index contributed by atoms with van der Waals surface area (Å²) in [6.45, 7) is 0.272. The largest absolute Gasteiger partial charge is 0.366 e. The van der Waals surface area contributed by atoms with E-state index in [1.54, 1.807) is 0 Å². The number of nitrogens with one attached hydrogen (secondary N) is 2. The Bertz CT molecular complexity index is 564. The van der Waals surface area contributed by atoms with Gasteiger partial charge in [0.25, 0.3) is 5.91 Å². The molecule has 0 radical (unpaired) electrons. The minimum Gasteiger partial charge on any atom is -0.366 e. The van der Waals surface area contributed by atoms with Gasteiger partial charge in [0.05, 0.1) is 11.5 Å². The van der Waals surface area contributed by atoms with Crippen molar-refractivity contribution in [3.8, 4) is 0 Å². The maximum atomic E-state index is 13.3. The molecule has 106 valence electrons. The van der Waals surface area contributed by atoms with E-state index in [1.807, 2.05) is 0 Å². The third-order valence-electron chi connectivity index (χ3n) is 3.14. The molecule has 0 spiro atoms. The van der Waals surface area contributed by atoms with Gasteiger partial charge in [0, 0.05) is 18.7 Å². The van der Waals surface area contributed by atoms with Gasteiger partial charge in [-0.05, 0) is 24.6 Å². The fraction of sp³-hybridized carbons (Fsp3) is 0.308. The quantitative estimate of drug-likeness (QED) is 0.746. The highest BCUT2D eigenvalue weighted by molar-refractivity contribution is 5.97. The molecule has 20 heavy (non-hydrogen) atoms. The molecule has 1 aromatic rings. The van der Waals surface area contributed by atoms with E-state index in [1.165, 1.54) is 12.1 Å². The third-order valence-corrected chi connectivity index (χ3v) is 3.14. The van der Waals surface area contributed by atoms with Crippen molar-refractivity contribution in [2.75, 3.05) is 11.9 Å². The first-order valence-electron chi connectivity index (χ1n) is 6.14. The minimum atomic E-state index is -0.900. The average molecular weight is 279 g/mol. The lowest BCUT2D eigenvalue weighted by Gasteiger charge is -2.21. The van der Waals surface area contributed by atoms with Gasteiger partial charge >= 0.3 is 0 Å². The van der Waals surface area contributed by atoms with Gasteiger partial charge in [-0.2, -0.15) is 0 Å². The second-order valence-corrected chi connectivity index (χ2v) is 4.59. The molecular formula is C13H14FN3O3. The monoisotopic (exact) mass is 279 g/mol. The van der Waals surface area contributed by atoms with Crippen molar-refractivity contribution < 1.29 is 18.8 Å². The van der Waals surface area contributed by atoms with Crippen molar-refractivity contribution in [1.29, 1.82) is 0 Å². The van der Waals surface area contributed by atoms with Crippen molar-refractivity contribution in [3.05, 3.63) is 29.6 Å². The molecule has 1 aliphatic rings. The fourth-order valence-corrected chi connectivity index (χ4v) is 1.99. The third kappa shape index (κ3) is 3.11. The Kier molecular flexibility index (Phi) is 3.97. The topological polar surface area (TPSA) is 101 Å². The van der Waals surface area contributed by atoms with Crippen molar-refractivity contribution in [2.24, 2.45) is 11.7 Å². The van der Waals surface area contributed by atoms with E-state index in [-0.39, 0.29) is 29.8 Å². The zero-order chi connectivity index (χ0) is 14.7. The van der Waals surface area contributed by atoms with Gasteiger partial charge in [0.1, 0.15) is 5.82 Å². The Morgan fingerprint density at radius 1 is 1.40 bits per heavy atom. The molecule has 1 saturated heterocycles. The first-order chi connectivity index (χ1) is 9.47. The Hall–Kier alpha value is -2.44. The maximum Gasteiger partial charge on any atom is 0.251 e. The molecule has 1 fully saturated rings. The molecule has 6 nitrogen and oxygen atoms in total. The Balaban J connectivity index is 2.06. The molecule has 1 aromatic carbocycles. The number of hydrogen-bond acceptors (Lipinski definition) is 3. The van der Waals surface area contributed by atoms with Gasteiger partial charge in [-0.3, -0.25) is 14.4 Å². The van der Waals surface area contributed by atoms with Crippen molar-refractivity contribution in [2.45, 2.75) is 12.8 Å². The Labute approximate surface area is 114 Å². The molecule has 0 aromatic heterocycles. The highest BCUT2D eigenvalue weighted by Crippen LogP contribution is 2.17. The van der Waals surface area contributed by atoms with Crippen molar-refractivity contribution >= 4 is 23.4 Å². The molecule has 1 heterocycles. The van der Waals surface area contributed by atoms with Gasteiger partial charge in [0.2, 0.25) is 11.8 Å². The number of piperidine rings is 1. The molecule has 1 atom stereocenters. The molecule has 2 rings (SSSR count). The van der Waals surface area contributed by atoms with Crippen LogP contribution in [0, 0.1) is 11.7 Å². The van der Waals surface area contributed by atoms with Gasteiger partial charge in [0.15, 0.2) is 0 Å². The molecule has 0 bridgehead atoms. The number of halogens is 1. The maximum absolute atomic E-state index is 13.3. The van der Waals surface area contributed by atoms with Crippen molar-refractivity contribution in [3.63, 3.8) is 0 Å². The molecule has 1 aliphatic heterocycles. The van der Waals surface area contributed by atoms with Crippen LogP contribution in [0.25, 0.3) is 0 Å². The molecular weight excluding hydrogens is 265 g/mol. The van der Waals surface area contributed by atoms with Crippen LogP contribution < -0.4 is 16.4 Å². The number of amides is 3. The number of carbonyl (C=O) groups is 3. The second kappa shape index (κ2) is 5.68. The zero-order valence-electron chi connectivity index (χ0n) is 10.6. The van der Waals surface area contributed by atoms with Crippen LogP contribution in [0.3, 0.4) is 0 Å². The molecule has 0 aliphatic carbocycles. The highest BCUT2D eigenvalue weighted by Gasteiger charge is 2.24. The summed E-state index contributed by atoms with van der Waals surface area (Å²) in [6, 6.07) is 3.61. The Morgan fingerprint density at radius 3 is 2.75 bits per heavy atom. The van der Waals surface area contributed by atoms with Crippen LogP contribution in [0.5, 0.6) is 0 Å². The smallest absolute Gasteiger partial charge is 0.251 e. The highest BCUT2D eigenvalue weighted by atomic mass is 19.1. The minimum absolute atomic E-state index is 0.0770. The molecule has 7 heteroatoms. The summed E-state index contributed by atoms with van der Waals surface area (Å²) in [4.78, 5) is 34.0. The molecule has 4 N–H and O–H groups in total. The molecule has 3 amide bonds. The lowest BCUT2D eigenvalue weighted by Crippen LogP contribution is -2.40. The van der Waals surface area contributed by atoms with Crippen LogP contribution >= 0.6 is 0 Å². The van der Waals surface area contributed by atoms with Gasteiger partial charge in [-0.15, -0.1) is 0 Å². The summed E-state index contributed by atoms with van der Waals surface area (Å²) in [5.41, 5.74) is 5.05. The van der Waals surface area contributed by atoms with Crippen LogP contribution in [-0.2, 0) is 9.59 Å². The van der Waals surface area contributed by atoms with E-state index in [4.69, 9.17) is 5.73 Å². The number of anilines is 1. The number of rotatable bonds is 3. The summed E-state index contributed by atoms with van der Waals surface area (Å²) in [7, 11) is 0. The first kappa shape index (κ1) is 14.0. The number of benzene rings is 1. The normalized spacial score (nSPS) is 18.2. The fourth-order valence-electron chi connectivity index (χ4n) is 1.99. The van der Waals surface area contributed by atoms with Crippen LogP contribution in [0.4, 0.5) is 10.1 Å². The standard InChI is InChI=1S/C13H14FN3O3/c14-10-3-2-8(5-9(10)12(15)19)17-13(20)7-1-4-11(18)16-6-7/h2-3,5,7H,1,4,6H2,(H2,15,19)(H,16,18)(H,17,20). The van der Waals surface area contributed by atoms with Gasteiger partial charge < -0.3 is 16.4 Å². The molecule has 1 unspecified atom stereocenters. The van der Waals surface area contributed by atoms with Crippen molar-refractivity contribution in [1.82, 2.24) is 5.32 Å². The van der Waals surface area contributed by atoms with Crippen LogP contribution in [-0.4, -0.2) is 24.3 Å². The van der Waals surface area contributed by atoms with E-state index in [0.717, 1.165) is 6.07 Å². The number of primary amides is 1. The second-order valence-electron chi connectivity index (χ2n) is 4.59. The van der Waals surface area contributed by atoms with E-state index in [9.17, 15) is 18.8 Å². The summed E-state index contributed by atoms with van der Waals surface area (Å²) in [5.74, 6) is -2.34. The summed E-state index contributed by atoms with van der Waals surface area (Å²) >= 11 is 0. The lowest BCUT2D eigenvalue weighted by atomic mass is 9.98. The Morgan fingerprint density at radius 2 is 2.15 bits per heavy atom. The van der Waals surface area contributed by atoms with Crippen LogP contribution in [0.2, 0.25) is 0 Å². The van der Waals surface area contributed by atoms with Gasteiger partial charge in [-0.1, -0.05) is 0 Å². The zero-order valence-corrected chi connectivity index (χ0v) is 10.6. The predicted octanol–water partition coefficient (Wildman–Crippen LogP) is 0.389. The van der Waals surface area contributed by atoms with E-state index < -0.39 is 11.7 Å². The predicted molar refractivity (Wildman–Crippen MR) is 69.3 cm³/mol. The first-order valence-corrected chi connectivity index (χ1v) is 6.14. The average Bonchev–Trinajstić information content (AvgIpc) is 2.41. The van der Waals surface area contributed by atoms with E-state index >= 15 is 0 Å². The molecule has 0 saturated carbocycles. The summed E-state index contributed by atoms with van der Waals surface area (Å²) in [6.07, 6.45) is 0.760. The summed E-state index contributed by atoms with van der Waals surface area (Å²) < 4.78 is 13.3. The number of nitrogens with two attached hydrogens (primary N) is 1. The van der Waals surface area contributed by atoms with Crippen LogP contribution in [0.15, 0.2) is 18.2 Å². The van der Waals surface area contributed by atoms with E-state index in [2.05, 4.69) is 10.6 Å². The van der Waals surface area contributed by atoms with Gasteiger partial charge in [-0.25, -0.2) is 4.39 Å². The summed E-state index contributed by atoms with van der Waals surface area (Å²) in [5, 5.41) is 5.19. The number of hydrogen-bond donors (Lipinski definition) is 3. The van der Waals surface area contributed by atoms with E-state index in [0.29, 0.717) is 18.5 Å². The number of carbonyl (C=O) groups excluding carboxylic acids is 3. The van der Waals surface area contributed by atoms with Crippen LogP contribution in [0.1, 0.15) is 23.2 Å². The lowest BCUT2D eigenvalue weighted by molar-refractivity contribution is -0.126.